The summed E-state index contributed by atoms with van der Waals surface area (Å²) in [5, 5.41) is 20.8. The molecule has 0 fully saturated rings. The van der Waals surface area contributed by atoms with Gasteiger partial charge in [-0.2, -0.15) is 0 Å². The summed E-state index contributed by atoms with van der Waals surface area (Å²) in [7, 11) is 0. The van der Waals surface area contributed by atoms with E-state index in [1.807, 2.05) is 49.6 Å². The molecule has 6 heteroatoms. The van der Waals surface area contributed by atoms with Gasteiger partial charge in [0.15, 0.2) is 5.82 Å². The molecule has 1 aromatic carbocycles. The zero-order chi connectivity index (χ0) is 18.6. The van der Waals surface area contributed by atoms with E-state index in [2.05, 4.69) is 15.5 Å². The third-order valence-electron chi connectivity index (χ3n) is 4.13. The highest BCUT2D eigenvalue weighted by Crippen LogP contribution is 2.16. The Morgan fingerprint density at radius 3 is 2.44 bits per heavy atom. The van der Waals surface area contributed by atoms with Crippen LogP contribution < -0.4 is 5.32 Å². The minimum absolute atomic E-state index is 0.139. The number of nitrogens with zero attached hydrogens (tertiary/aromatic N) is 3. The first-order valence-electron chi connectivity index (χ1n) is 8.69. The Labute approximate surface area is 149 Å². The van der Waals surface area contributed by atoms with Gasteiger partial charge in [0.05, 0.1) is 11.6 Å². The number of aryl methyl sites for hydroxylation is 1. The molecule has 1 amide bonds. The molecule has 1 heterocycles. The van der Waals surface area contributed by atoms with Gasteiger partial charge in [0.2, 0.25) is 0 Å². The Hall–Kier alpha value is -2.21. The predicted octanol–water partition coefficient (Wildman–Crippen LogP) is 3.05. The van der Waals surface area contributed by atoms with E-state index in [-0.39, 0.29) is 18.0 Å². The number of nitrogens with one attached hydrogen (secondary N) is 1. The molecule has 2 N–H and O–H groups in total. The Balaban J connectivity index is 1.99. The highest BCUT2D eigenvalue weighted by molar-refractivity contribution is 5.94. The molecule has 0 aliphatic carbocycles. The lowest BCUT2D eigenvalue weighted by atomic mass is 9.98. The van der Waals surface area contributed by atoms with Crippen LogP contribution in [0.3, 0.4) is 0 Å². The quantitative estimate of drug-likeness (QED) is 0.809. The van der Waals surface area contributed by atoms with Crippen molar-refractivity contribution in [3.63, 3.8) is 0 Å². The maximum atomic E-state index is 12.5. The molecule has 0 unspecified atom stereocenters. The molecule has 0 saturated carbocycles. The van der Waals surface area contributed by atoms with Gasteiger partial charge in [0, 0.05) is 11.6 Å². The summed E-state index contributed by atoms with van der Waals surface area (Å²) in [5.74, 6) is 0.602. The lowest BCUT2D eigenvalue weighted by Gasteiger charge is -2.17. The fraction of sp³-hybridized carbons (Fsp3) is 0.526. The largest absolute Gasteiger partial charge is 0.390 e. The lowest BCUT2D eigenvalue weighted by molar-refractivity contribution is 0.0713. The van der Waals surface area contributed by atoms with Crippen LogP contribution in [0.2, 0.25) is 0 Å². The van der Waals surface area contributed by atoms with Crippen molar-refractivity contribution in [2.24, 2.45) is 0 Å². The SMILES string of the molecule is CC(C)n1cnnc1[C@@H](C)NC(=O)c1ccc(CCC(C)(C)O)cc1. The van der Waals surface area contributed by atoms with E-state index in [1.54, 1.807) is 20.2 Å². The van der Waals surface area contributed by atoms with Gasteiger partial charge in [-0.1, -0.05) is 12.1 Å². The number of carbonyl (C=O) groups is 1. The molecular weight excluding hydrogens is 316 g/mol. The Morgan fingerprint density at radius 2 is 1.88 bits per heavy atom. The molecule has 2 aromatic rings. The number of aromatic nitrogens is 3. The van der Waals surface area contributed by atoms with E-state index in [1.165, 1.54) is 0 Å². The monoisotopic (exact) mass is 344 g/mol. The van der Waals surface area contributed by atoms with Crippen molar-refractivity contribution in [1.82, 2.24) is 20.1 Å². The molecule has 25 heavy (non-hydrogen) atoms. The Kier molecular flexibility index (Phi) is 5.95. The summed E-state index contributed by atoms with van der Waals surface area (Å²) in [6, 6.07) is 7.50. The summed E-state index contributed by atoms with van der Waals surface area (Å²) in [5.41, 5.74) is 1.03. The molecule has 1 atom stereocenters. The first-order valence-corrected chi connectivity index (χ1v) is 8.69. The molecule has 0 spiro atoms. The van der Waals surface area contributed by atoms with Crippen LogP contribution in [0, 0.1) is 0 Å². The van der Waals surface area contributed by atoms with E-state index in [9.17, 15) is 9.90 Å². The molecule has 0 aliphatic heterocycles. The molecule has 0 radical (unpaired) electrons. The second kappa shape index (κ2) is 7.78. The average molecular weight is 344 g/mol. The minimum Gasteiger partial charge on any atom is -0.390 e. The van der Waals surface area contributed by atoms with Crippen LogP contribution in [-0.4, -0.2) is 31.4 Å². The third-order valence-corrected chi connectivity index (χ3v) is 4.13. The smallest absolute Gasteiger partial charge is 0.251 e. The van der Waals surface area contributed by atoms with Crippen molar-refractivity contribution < 1.29 is 9.90 Å². The minimum atomic E-state index is -0.683. The summed E-state index contributed by atoms with van der Waals surface area (Å²) < 4.78 is 1.95. The second-order valence-corrected chi connectivity index (χ2v) is 7.39. The number of aliphatic hydroxyl groups is 1. The standard InChI is InChI=1S/C19H28N4O2/c1-13(2)23-12-20-22-17(23)14(3)21-18(24)16-8-6-15(7-9-16)10-11-19(4,5)25/h6-9,12-14,25H,10-11H2,1-5H3,(H,21,24)/t14-/m1/s1. The van der Waals surface area contributed by atoms with Gasteiger partial charge in [0.25, 0.3) is 5.91 Å². The molecular formula is C19H28N4O2. The van der Waals surface area contributed by atoms with Gasteiger partial charge in [-0.25, -0.2) is 0 Å². The molecule has 6 nitrogen and oxygen atoms in total. The van der Waals surface area contributed by atoms with Gasteiger partial charge < -0.3 is 15.0 Å². The summed E-state index contributed by atoms with van der Waals surface area (Å²) >= 11 is 0. The third kappa shape index (κ3) is 5.39. The zero-order valence-electron chi connectivity index (χ0n) is 15.7. The highest BCUT2D eigenvalue weighted by atomic mass is 16.3. The summed E-state index contributed by atoms with van der Waals surface area (Å²) in [4.78, 5) is 12.5. The van der Waals surface area contributed by atoms with Crippen molar-refractivity contribution in [1.29, 1.82) is 0 Å². The Bertz CT molecular complexity index is 699. The fourth-order valence-corrected chi connectivity index (χ4v) is 2.58. The van der Waals surface area contributed by atoms with Crippen molar-refractivity contribution >= 4 is 5.91 Å². The summed E-state index contributed by atoms with van der Waals surface area (Å²) in [6.07, 6.45) is 3.14. The van der Waals surface area contributed by atoms with Crippen molar-refractivity contribution in [3.05, 3.63) is 47.5 Å². The maximum absolute atomic E-state index is 12.5. The van der Waals surface area contributed by atoms with Crippen LogP contribution in [0.4, 0.5) is 0 Å². The molecule has 0 bridgehead atoms. The number of hydrogen-bond donors (Lipinski definition) is 2. The predicted molar refractivity (Wildman–Crippen MR) is 97.3 cm³/mol. The zero-order valence-corrected chi connectivity index (χ0v) is 15.7. The molecule has 0 saturated heterocycles. The number of amides is 1. The number of benzene rings is 1. The van der Waals surface area contributed by atoms with Crippen LogP contribution in [0.25, 0.3) is 0 Å². The molecule has 2 rings (SSSR count). The fourth-order valence-electron chi connectivity index (χ4n) is 2.58. The van der Waals surface area contributed by atoms with Gasteiger partial charge in [0.1, 0.15) is 6.33 Å². The topological polar surface area (TPSA) is 80.0 Å². The van der Waals surface area contributed by atoms with E-state index in [0.717, 1.165) is 17.8 Å². The number of hydrogen-bond acceptors (Lipinski definition) is 4. The van der Waals surface area contributed by atoms with E-state index in [4.69, 9.17) is 0 Å². The first kappa shape index (κ1) is 19.1. The molecule has 136 valence electrons. The lowest BCUT2D eigenvalue weighted by Crippen LogP contribution is -2.29. The van der Waals surface area contributed by atoms with Gasteiger partial charge in [-0.15, -0.1) is 10.2 Å². The van der Waals surface area contributed by atoms with Crippen LogP contribution in [0.15, 0.2) is 30.6 Å². The normalized spacial score (nSPS) is 13.1. The molecule has 1 aromatic heterocycles. The number of carbonyl (C=O) groups excluding carboxylic acids is 1. The van der Waals surface area contributed by atoms with E-state index in [0.29, 0.717) is 12.0 Å². The van der Waals surface area contributed by atoms with Crippen molar-refractivity contribution in [2.45, 2.75) is 65.1 Å². The highest BCUT2D eigenvalue weighted by Gasteiger charge is 2.18. The summed E-state index contributed by atoms with van der Waals surface area (Å²) in [6.45, 7) is 9.60. The van der Waals surface area contributed by atoms with E-state index >= 15 is 0 Å². The Morgan fingerprint density at radius 1 is 1.24 bits per heavy atom. The van der Waals surface area contributed by atoms with Gasteiger partial charge in [-0.3, -0.25) is 4.79 Å². The van der Waals surface area contributed by atoms with Crippen LogP contribution in [0.5, 0.6) is 0 Å². The average Bonchev–Trinajstić information content (AvgIpc) is 3.02. The number of rotatable bonds is 7. The second-order valence-electron chi connectivity index (χ2n) is 7.39. The molecule has 0 aliphatic rings. The first-order chi connectivity index (χ1) is 11.7. The van der Waals surface area contributed by atoms with Crippen LogP contribution in [-0.2, 0) is 6.42 Å². The van der Waals surface area contributed by atoms with Crippen molar-refractivity contribution in [3.8, 4) is 0 Å². The van der Waals surface area contributed by atoms with E-state index < -0.39 is 5.60 Å². The van der Waals surface area contributed by atoms with Gasteiger partial charge >= 0.3 is 0 Å². The maximum Gasteiger partial charge on any atom is 0.251 e. The van der Waals surface area contributed by atoms with Gasteiger partial charge in [-0.05, 0) is 65.2 Å². The van der Waals surface area contributed by atoms with Crippen LogP contribution >= 0.6 is 0 Å². The van der Waals surface area contributed by atoms with Crippen molar-refractivity contribution in [2.75, 3.05) is 0 Å². The van der Waals surface area contributed by atoms with Crippen LogP contribution in [0.1, 0.15) is 74.9 Å².